The fourth-order valence-electron chi connectivity index (χ4n) is 1.80. The Morgan fingerprint density at radius 2 is 2.13 bits per heavy atom. The number of hydrogen-bond donors (Lipinski definition) is 0. The smallest absolute Gasteiger partial charge is 0.235 e. The Bertz CT molecular complexity index is 455. The van der Waals surface area contributed by atoms with Crippen LogP contribution in [0.4, 0.5) is 0 Å². The van der Waals surface area contributed by atoms with Gasteiger partial charge >= 0.3 is 0 Å². The minimum Gasteiger partial charge on any atom is -0.372 e. The number of fused-ring (bicyclic) bond motifs is 1. The molecule has 0 spiro atoms. The lowest BCUT2D eigenvalue weighted by molar-refractivity contribution is 0.0579. The van der Waals surface area contributed by atoms with Crippen LogP contribution < -0.4 is 0 Å². The van der Waals surface area contributed by atoms with Crippen LogP contribution in [0.1, 0.15) is 17.2 Å². The topological polar surface area (TPSA) is 43.4 Å². The van der Waals surface area contributed by atoms with E-state index in [-0.39, 0.29) is 5.75 Å². The molecule has 1 atom stereocenters. The van der Waals surface area contributed by atoms with Gasteiger partial charge in [0.05, 0.1) is 18.5 Å². The minimum atomic E-state index is -3.52. The van der Waals surface area contributed by atoms with E-state index in [0.29, 0.717) is 6.61 Å². The zero-order valence-electron chi connectivity index (χ0n) is 8.02. The molecule has 0 N–H and O–H groups in total. The van der Waals surface area contributed by atoms with Gasteiger partial charge in [0.15, 0.2) is 0 Å². The highest BCUT2D eigenvalue weighted by Crippen LogP contribution is 2.28. The Kier molecular flexibility index (Phi) is 3.00. The monoisotopic (exact) mass is 246 g/mol. The van der Waals surface area contributed by atoms with Crippen LogP contribution in [0.5, 0.6) is 0 Å². The molecule has 1 unspecified atom stereocenters. The molecule has 0 radical (unpaired) electrons. The molecule has 1 heterocycles. The SMILES string of the molecule is O=S(=O)(Cl)CC1OCCc2ccccc21. The van der Waals surface area contributed by atoms with Crippen LogP contribution in [0.2, 0.25) is 0 Å². The molecule has 0 aliphatic carbocycles. The Morgan fingerprint density at radius 1 is 1.40 bits per heavy atom. The predicted octanol–water partition coefficient (Wildman–Crippen LogP) is 1.87. The Labute approximate surface area is 93.4 Å². The first-order valence-electron chi connectivity index (χ1n) is 4.68. The van der Waals surface area contributed by atoms with E-state index in [1.165, 1.54) is 0 Å². The van der Waals surface area contributed by atoms with Crippen molar-refractivity contribution >= 4 is 19.7 Å². The normalized spacial score (nSPS) is 21.0. The molecule has 82 valence electrons. The highest BCUT2D eigenvalue weighted by Gasteiger charge is 2.24. The average molecular weight is 247 g/mol. The summed E-state index contributed by atoms with van der Waals surface area (Å²) < 4.78 is 27.4. The van der Waals surface area contributed by atoms with Gasteiger partial charge in [-0.25, -0.2) is 8.42 Å². The lowest BCUT2D eigenvalue weighted by atomic mass is 9.99. The third-order valence-corrected chi connectivity index (χ3v) is 3.52. The summed E-state index contributed by atoms with van der Waals surface area (Å²) in [5.74, 6) is -0.161. The molecule has 15 heavy (non-hydrogen) atoms. The number of halogens is 1. The fraction of sp³-hybridized carbons (Fsp3) is 0.400. The quantitative estimate of drug-likeness (QED) is 0.749. The summed E-state index contributed by atoms with van der Waals surface area (Å²) in [6.45, 7) is 0.550. The summed E-state index contributed by atoms with van der Waals surface area (Å²) in [4.78, 5) is 0. The third-order valence-electron chi connectivity index (χ3n) is 2.44. The van der Waals surface area contributed by atoms with E-state index >= 15 is 0 Å². The standard InChI is InChI=1S/C10H11ClO3S/c11-15(12,13)7-10-9-4-2-1-3-8(9)5-6-14-10/h1-4,10H,5-7H2. The van der Waals surface area contributed by atoms with Crippen molar-refractivity contribution < 1.29 is 13.2 Å². The molecular weight excluding hydrogens is 236 g/mol. The van der Waals surface area contributed by atoms with E-state index in [2.05, 4.69) is 0 Å². The van der Waals surface area contributed by atoms with Crippen LogP contribution in [0.15, 0.2) is 24.3 Å². The molecule has 0 bridgehead atoms. The Hall–Kier alpha value is -0.580. The first-order valence-corrected chi connectivity index (χ1v) is 7.16. The molecule has 0 aromatic heterocycles. The maximum absolute atomic E-state index is 11.0. The zero-order valence-corrected chi connectivity index (χ0v) is 9.59. The lowest BCUT2D eigenvalue weighted by Crippen LogP contribution is -2.21. The molecular formula is C10H11ClO3S. The van der Waals surface area contributed by atoms with Crippen LogP contribution in [0, 0.1) is 0 Å². The number of benzene rings is 1. The summed E-state index contributed by atoms with van der Waals surface area (Å²) in [5, 5.41) is 0. The summed E-state index contributed by atoms with van der Waals surface area (Å²) in [7, 11) is 1.71. The zero-order chi connectivity index (χ0) is 10.9. The summed E-state index contributed by atoms with van der Waals surface area (Å²) in [6, 6.07) is 7.70. The van der Waals surface area contributed by atoms with Crippen molar-refractivity contribution in [3.05, 3.63) is 35.4 Å². The molecule has 3 nitrogen and oxygen atoms in total. The van der Waals surface area contributed by atoms with Gasteiger partial charge in [0.1, 0.15) is 0 Å². The molecule has 1 aliphatic heterocycles. The molecule has 0 saturated carbocycles. The van der Waals surface area contributed by atoms with Crippen LogP contribution in [-0.4, -0.2) is 20.8 Å². The van der Waals surface area contributed by atoms with E-state index < -0.39 is 15.2 Å². The molecule has 2 rings (SSSR count). The van der Waals surface area contributed by atoms with Crippen molar-refractivity contribution in [2.45, 2.75) is 12.5 Å². The van der Waals surface area contributed by atoms with Crippen LogP contribution in [0.25, 0.3) is 0 Å². The Balaban J connectivity index is 2.30. The van der Waals surface area contributed by atoms with Crippen molar-refractivity contribution in [2.75, 3.05) is 12.4 Å². The van der Waals surface area contributed by atoms with Crippen molar-refractivity contribution in [3.63, 3.8) is 0 Å². The molecule has 1 aromatic carbocycles. The van der Waals surface area contributed by atoms with Crippen molar-refractivity contribution in [1.82, 2.24) is 0 Å². The van der Waals surface area contributed by atoms with Gasteiger partial charge in [-0.2, -0.15) is 0 Å². The maximum atomic E-state index is 11.0. The van der Waals surface area contributed by atoms with Gasteiger partial charge in [-0.1, -0.05) is 24.3 Å². The highest BCUT2D eigenvalue weighted by atomic mass is 35.7. The second-order valence-corrected chi connectivity index (χ2v) is 6.34. The van der Waals surface area contributed by atoms with Gasteiger partial charge in [0.2, 0.25) is 9.05 Å². The Morgan fingerprint density at radius 3 is 2.87 bits per heavy atom. The molecule has 1 aromatic rings. The second kappa shape index (κ2) is 4.12. The molecule has 0 fully saturated rings. The van der Waals surface area contributed by atoms with Gasteiger partial charge < -0.3 is 4.74 Å². The molecule has 1 aliphatic rings. The maximum Gasteiger partial charge on any atom is 0.235 e. The van der Waals surface area contributed by atoms with Crippen LogP contribution in [0.3, 0.4) is 0 Å². The first kappa shape index (κ1) is 10.9. The summed E-state index contributed by atoms with van der Waals surface area (Å²) in [6.07, 6.45) is 0.409. The van der Waals surface area contributed by atoms with E-state index in [0.717, 1.165) is 17.5 Å². The van der Waals surface area contributed by atoms with Crippen LogP contribution >= 0.6 is 10.7 Å². The van der Waals surface area contributed by atoms with Crippen molar-refractivity contribution in [2.24, 2.45) is 0 Å². The molecule has 5 heteroatoms. The predicted molar refractivity (Wildman–Crippen MR) is 58.5 cm³/mol. The first-order chi connectivity index (χ1) is 7.06. The summed E-state index contributed by atoms with van der Waals surface area (Å²) in [5.41, 5.74) is 2.09. The number of rotatable bonds is 2. The van der Waals surface area contributed by atoms with E-state index in [1.807, 2.05) is 24.3 Å². The van der Waals surface area contributed by atoms with E-state index in [9.17, 15) is 8.42 Å². The average Bonchev–Trinajstić information content (AvgIpc) is 2.16. The molecule has 0 amide bonds. The highest BCUT2D eigenvalue weighted by molar-refractivity contribution is 8.13. The fourth-order valence-corrected chi connectivity index (χ4v) is 2.78. The van der Waals surface area contributed by atoms with E-state index in [4.69, 9.17) is 15.4 Å². The summed E-state index contributed by atoms with van der Waals surface area (Å²) >= 11 is 0. The van der Waals surface area contributed by atoms with Gasteiger partial charge in [0, 0.05) is 10.7 Å². The number of hydrogen-bond acceptors (Lipinski definition) is 3. The van der Waals surface area contributed by atoms with E-state index in [1.54, 1.807) is 0 Å². The van der Waals surface area contributed by atoms with Crippen molar-refractivity contribution in [3.8, 4) is 0 Å². The lowest BCUT2D eigenvalue weighted by Gasteiger charge is -2.24. The largest absolute Gasteiger partial charge is 0.372 e. The van der Waals surface area contributed by atoms with Gasteiger partial charge in [0.25, 0.3) is 0 Å². The molecule has 0 saturated heterocycles. The second-order valence-electron chi connectivity index (χ2n) is 3.51. The number of ether oxygens (including phenoxy) is 1. The van der Waals surface area contributed by atoms with Crippen molar-refractivity contribution in [1.29, 1.82) is 0 Å². The van der Waals surface area contributed by atoms with Crippen LogP contribution in [-0.2, 0) is 20.2 Å². The van der Waals surface area contributed by atoms with Gasteiger partial charge in [-0.05, 0) is 17.5 Å². The van der Waals surface area contributed by atoms with Gasteiger partial charge in [-0.3, -0.25) is 0 Å². The third kappa shape index (κ3) is 2.71. The van der Waals surface area contributed by atoms with Gasteiger partial charge in [-0.15, -0.1) is 0 Å². The minimum absolute atomic E-state index is 0.161.